The maximum absolute atomic E-state index is 10.3. The summed E-state index contributed by atoms with van der Waals surface area (Å²) in [7, 11) is 0. The van der Waals surface area contributed by atoms with Gasteiger partial charge in [0, 0.05) is 0 Å². The van der Waals surface area contributed by atoms with Crippen molar-refractivity contribution < 1.29 is 14.7 Å². The van der Waals surface area contributed by atoms with Crippen molar-refractivity contribution in [1.29, 1.82) is 0 Å². The smallest absolute Gasteiger partial charge is 0.424 e. The van der Waals surface area contributed by atoms with Gasteiger partial charge in [-0.15, -0.1) is 0 Å². The van der Waals surface area contributed by atoms with E-state index in [0.29, 0.717) is 5.69 Å². The average molecular weight is 179 g/mol. The van der Waals surface area contributed by atoms with Crippen LogP contribution in [0, 0.1) is 0 Å². The Kier molecular flexibility index (Phi) is 2.86. The highest BCUT2D eigenvalue weighted by molar-refractivity contribution is 5.80. The molecule has 67 valence electrons. The highest BCUT2D eigenvalue weighted by Gasteiger charge is 2.07. The molecule has 0 aromatic heterocycles. The summed E-state index contributed by atoms with van der Waals surface area (Å²) in [4.78, 5) is 20.5. The second-order valence-corrected chi connectivity index (χ2v) is 2.18. The number of hydrogen-bond acceptors (Lipinski definition) is 2. The van der Waals surface area contributed by atoms with E-state index in [-0.39, 0.29) is 0 Å². The van der Waals surface area contributed by atoms with Crippen LogP contribution in [0.3, 0.4) is 0 Å². The molecule has 0 aliphatic heterocycles. The van der Waals surface area contributed by atoms with E-state index in [1.54, 1.807) is 30.3 Å². The molecule has 2 amide bonds. The molecule has 5 nitrogen and oxygen atoms in total. The van der Waals surface area contributed by atoms with Crippen LogP contribution < -0.4 is 10.4 Å². The molecule has 1 aromatic rings. The van der Waals surface area contributed by atoms with Crippen LogP contribution in [0.2, 0.25) is 0 Å². The van der Waals surface area contributed by atoms with E-state index >= 15 is 0 Å². The van der Waals surface area contributed by atoms with Crippen LogP contribution in [0.4, 0.5) is 10.5 Å². The maximum Gasteiger partial charge on any atom is 0.424 e. The van der Waals surface area contributed by atoms with Crippen molar-refractivity contribution in [3.05, 3.63) is 30.3 Å². The van der Waals surface area contributed by atoms with Gasteiger partial charge in [0.05, 0.1) is 5.69 Å². The molecule has 0 saturated heterocycles. The monoisotopic (exact) mass is 179 g/mol. The number of hydrogen-bond donors (Lipinski definition) is 2. The lowest BCUT2D eigenvalue weighted by molar-refractivity contribution is 0.194. The number of hydrazine groups is 1. The van der Waals surface area contributed by atoms with Crippen LogP contribution in [0.5, 0.6) is 0 Å². The minimum absolute atomic E-state index is 0.417. The first-order valence-electron chi connectivity index (χ1n) is 3.46. The Morgan fingerprint density at radius 2 is 2.00 bits per heavy atom. The summed E-state index contributed by atoms with van der Waals surface area (Å²) >= 11 is 0. The molecule has 0 bridgehead atoms. The Labute approximate surface area is 74.6 Å². The molecule has 2 N–H and O–H groups in total. The minimum atomic E-state index is -1.31. The van der Waals surface area contributed by atoms with Crippen molar-refractivity contribution >= 4 is 18.2 Å². The topological polar surface area (TPSA) is 69.6 Å². The summed E-state index contributed by atoms with van der Waals surface area (Å²) in [5.41, 5.74) is 2.29. The fraction of sp³-hybridized carbons (Fsp3) is 0. The summed E-state index contributed by atoms with van der Waals surface area (Å²) in [6, 6.07) is 8.29. The highest BCUT2D eigenvalue weighted by Crippen LogP contribution is 2.08. The molecule has 0 aliphatic rings. The summed E-state index contributed by atoms with van der Waals surface area (Å²) in [6.07, 6.45) is 0.128. The molecule has 0 fully saturated rings. The molecule has 1 aromatic carbocycles. The van der Waals surface area contributed by atoms with Crippen LogP contribution in [0.1, 0.15) is 0 Å². The van der Waals surface area contributed by atoms with E-state index in [2.05, 4.69) is 0 Å². The number of nitrogens with one attached hydrogen (secondary N) is 1. The maximum atomic E-state index is 10.3. The lowest BCUT2D eigenvalue weighted by atomic mass is 10.3. The average Bonchev–Trinajstić information content (AvgIpc) is 2.15. The molecule has 13 heavy (non-hydrogen) atoms. The third-order valence-corrected chi connectivity index (χ3v) is 1.31. The van der Waals surface area contributed by atoms with E-state index in [4.69, 9.17) is 5.11 Å². The van der Waals surface area contributed by atoms with Gasteiger partial charge < -0.3 is 5.11 Å². The van der Waals surface area contributed by atoms with Crippen molar-refractivity contribution in [3.8, 4) is 0 Å². The van der Waals surface area contributed by atoms with E-state index in [0.717, 1.165) is 5.01 Å². The van der Waals surface area contributed by atoms with Gasteiger partial charge in [-0.25, -0.2) is 15.2 Å². The number of carbonyl (C=O) groups is 1. The van der Waals surface area contributed by atoms with E-state index in [9.17, 15) is 9.59 Å². The van der Waals surface area contributed by atoms with E-state index in [1.807, 2.05) is 5.43 Å². The SMILES string of the molecule is O=[C]N(NC(=O)O)c1ccccc1. The summed E-state index contributed by atoms with van der Waals surface area (Å²) < 4.78 is 0. The van der Waals surface area contributed by atoms with Crippen molar-refractivity contribution in [3.63, 3.8) is 0 Å². The Hall–Kier alpha value is -2.04. The zero-order chi connectivity index (χ0) is 9.68. The molecule has 0 heterocycles. The molecular formula is C8H7N2O3. The van der Waals surface area contributed by atoms with Crippen LogP contribution in [-0.2, 0) is 4.79 Å². The second kappa shape index (κ2) is 4.10. The Bertz CT molecular complexity index is 300. The Balaban J connectivity index is 2.78. The number of nitrogens with zero attached hydrogens (tertiary/aromatic N) is 1. The lowest BCUT2D eigenvalue weighted by Gasteiger charge is -2.14. The Morgan fingerprint density at radius 1 is 1.38 bits per heavy atom. The van der Waals surface area contributed by atoms with Gasteiger partial charge in [-0.1, -0.05) is 18.2 Å². The summed E-state index contributed by atoms with van der Waals surface area (Å²) in [5, 5.41) is 9.10. The van der Waals surface area contributed by atoms with E-state index in [1.165, 1.54) is 6.41 Å². The van der Waals surface area contributed by atoms with Gasteiger partial charge in [-0.2, -0.15) is 0 Å². The van der Waals surface area contributed by atoms with Gasteiger partial charge in [0.15, 0.2) is 0 Å². The van der Waals surface area contributed by atoms with Crippen LogP contribution in [0.25, 0.3) is 0 Å². The highest BCUT2D eigenvalue weighted by atomic mass is 16.4. The predicted molar refractivity (Wildman–Crippen MR) is 45.8 cm³/mol. The standard InChI is InChI=1S/C8H7N2O3/c11-6-10(9-8(12)13)7-4-2-1-3-5-7/h1-5,9H,(H,12,13). The number of rotatable bonds is 3. The first kappa shape index (κ1) is 9.05. The fourth-order valence-corrected chi connectivity index (χ4v) is 0.813. The van der Waals surface area contributed by atoms with Gasteiger partial charge in [0.2, 0.25) is 0 Å². The minimum Gasteiger partial charge on any atom is -0.464 e. The first-order chi connectivity index (χ1) is 6.24. The first-order valence-corrected chi connectivity index (χ1v) is 3.46. The van der Waals surface area contributed by atoms with Crippen molar-refractivity contribution in [2.45, 2.75) is 0 Å². The van der Waals surface area contributed by atoms with E-state index < -0.39 is 6.09 Å². The molecule has 1 rings (SSSR count). The number of amides is 2. The second-order valence-electron chi connectivity index (χ2n) is 2.18. The summed E-state index contributed by atoms with van der Waals surface area (Å²) in [6.45, 7) is 0. The van der Waals surface area contributed by atoms with Crippen molar-refractivity contribution in [2.75, 3.05) is 5.01 Å². The molecule has 0 spiro atoms. The molecule has 1 radical (unpaired) electrons. The largest absolute Gasteiger partial charge is 0.464 e. The molecule has 0 aliphatic carbocycles. The Morgan fingerprint density at radius 3 is 2.46 bits per heavy atom. The van der Waals surface area contributed by atoms with Gasteiger partial charge in [0.25, 0.3) is 0 Å². The number of carbonyl (C=O) groups excluding carboxylic acids is 1. The molecule has 0 atom stereocenters. The van der Waals surface area contributed by atoms with Crippen LogP contribution >= 0.6 is 0 Å². The third kappa shape index (κ3) is 2.48. The molecule has 5 heteroatoms. The fourth-order valence-electron chi connectivity index (χ4n) is 0.813. The molecule has 0 unspecified atom stereocenters. The van der Waals surface area contributed by atoms with Gasteiger partial charge >= 0.3 is 12.5 Å². The predicted octanol–water partition coefficient (Wildman–Crippen LogP) is 0.743. The molecular weight excluding hydrogens is 172 g/mol. The number of carboxylic acid groups (broad SMARTS) is 1. The van der Waals surface area contributed by atoms with Gasteiger partial charge in [-0.3, -0.25) is 4.79 Å². The number of anilines is 1. The molecule has 0 saturated carbocycles. The quantitative estimate of drug-likeness (QED) is 0.531. The van der Waals surface area contributed by atoms with Crippen molar-refractivity contribution in [1.82, 2.24) is 5.43 Å². The number of benzene rings is 1. The van der Waals surface area contributed by atoms with Crippen LogP contribution in [0.15, 0.2) is 30.3 Å². The zero-order valence-electron chi connectivity index (χ0n) is 6.60. The normalized spacial score (nSPS) is 8.92. The van der Waals surface area contributed by atoms with Crippen LogP contribution in [-0.4, -0.2) is 17.6 Å². The zero-order valence-corrected chi connectivity index (χ0v) is 6.60. The lowest BCUT2D eigenvalue weighted by Crippen LogP contribution is -2.40. The van der Waals surface area contributed by atoms with Gasteiger partial charge in [-0.05, 0) is 12.1 Å². The third-order valence-electron chi connectivity index (χ3n) is 1.31. The number of para-hydroxylation sites is 1. The van der Waals surface area contributed by atoms with Gasteiger partial charge in [0.1, 0.15) is 0 Å². The van der Waals surface area contributed by atoms with Crippen molar-refractivity contribution in [2.24, 2.45) is 0 Å². The summed E-state index contributed by atoms with van der Waals surface area (Å²) in [5.74, 6) is 0.